The van der Waals surface area contributed by atoms with E-state index in [9.17, 15) is 18.0 Å². The van der Waals surface area contributed by atoms with Crippen LogP contribution in [0, 0.1) is 0 Å². The number of hydrogen-bond acceptors (Lipinski definition) is 4. The van der Waals surface area contributed by atoms with Crippen LogP contribution >= 0.6 is 0 Å². The van der Waals surface area contributed by atoms with Gasteiger partial charge < -0.3 is 9.80 Å². The van der Waals surface area contributed by atoms with Crippen molar-refractivity contribution in [2.24, 2.45) is 0 Å². The topological polar surface area (TPSA) is 78.0 Å². The van der Waals surface area contributed by atoms with Crippen LogP contribution in [0.25, 0.3) is 0 Å². The van der Waals surface area contributed by atoms with Gasteiger partial charge in [0.25, 0.3) is 0 Å². The highest BCUT2D eigenvalue weighted by atomic mass is 32.2. The first-order valence-electron chi connectivity index (χ1n) is 6.24. The quantitative estimate of drug-likeness (QED) is 0.669. The number of sulfonamides is 1. The van der Waals surface area contributed by atoms with E-state index in [-0.39, 0.29) is 25.2 Å². The average Bonchev–Trinajstić information content (AvgIpc) is 3.10. The van der Waals surface area contributed by atoms with E-state index in [1.54, 1.807) is 4.90 Å². The van der Waals surface area contributed by atoms with E-state index in [2.05, 4.69) is 0 Å². The fourth-order valence-corrected chi connectivity index (χ4v) is 3.62. The number of carbonyl (C=O) groups is 2. The van der Waals surface area contributed by atoms with E-state index >= 15 is 0 Å². The van der Waals surface area contributed by atoms with Gasteiger partial charge in [0, 0.05) is 20.1 Å². The molecule has 2 amide bonds. The zero-order valence-corrected chi connectivity index (χ0v) is 12.2. The molecule has 0 aromatic rings. The number of rotatable bonds is 4. The fourth-order valence-electron chi connectivity index (χ4n) is 2.13. The molecule has 0 spiro atoms. The zero-order chi connectivity index (χ0) is 14.4. The number of nitrogens with zero attached hydrogens (tertiary/aromatic N) is 3. The van der Waals surface area contributed by atoms with Gasteiger partial charge in [0.2, 0.25) is 21.8 Å². The minimum Gasteiger partial charge on any atom is -0.348 e. The lowest BCUT2D eigenvalue weighted by Crippen LogP contribution is -2.45. The van der Waals surface area contributed by atoms with Crippen LogP contribution < -0.4 is 0 Å². The van der Waals surface area contributed by atoms with Crippen LogP contribution in [-0.2, 0) is 19.6 Å². The Balaban J connectivity index is 2.12. The summed E-state index contributed by atoms with van der Waals surface area (Å²) in [6.07, 6.45) is 1.87. The van der Waals surface area contributed by atoms with Crippen LogP contribution in [0.3, 0.4) is 0 Å². The first-order valence-corrected chi connectivity index (χ1v) is 7.75. The summed E-state index contributed by atoms with van der Waals surface area (Å²) in [5, 5.41) is -1.16. The molecule has 1 aliphatic heterocycles. The Kier molecular flexibility index (Phi) is 3.57. The van der Waals surface area contributed by atoms with Gasteiger partial charge in [0.1, 0.15) is 0 Å². The monoisotopic (exact) mass is 289 g/mol. The van der Waals surface area contributed by atoms with E-state index in [1.165, 1.54) is 25.9 Å². The van der Waals surface area contributed by atoms with Crippen LogP contribution in [0.2, 0.25) is 0 Å². The molecule has 2 aliphatic rings. The van der Waals surface area contributed by atoms with Gasteiger partial charge in [-0.15, -0.1) is 0 Å². The maximum Gasteiger partial charge on any atom is 0.241 e. The lowest BCUT2D eigenvalue weighted by molar-refractivity contribution is -0.128. The van der Waals surface area contributed by atoms with Gasteiger partial charge >= 0.3 is 0 Å². The van der Waals surface area contributed by atoms with Crippen molar-refractivity contribution in [1.82, 2.24) is 14.1 Å². The highest BCUT2D eigenvalue weighted by molar-refractivity contribution is 7.90. The summed E-state index contributed by atoms with van der Waals surface area (Å²) in [7, 11) is -0.747. The van der Waals surface area contributed by atoms with Crippen molar-refractivity contribution in [1.29, 1.82) is 0 Å². The van der Waals surface area contributed by atoms with Crippen molar-refractivity contribution in [3.05, 3.63) is 0 Å². The largest absolute Gasteiger partial charge is 0.348 e. The molecule has 0 radical (unpaired) electrons. The Morgan fingerprint density at radius 2 is 1.95 bits per heavy atom. The van der Waals surface area contributed by atoms with Crippen LogP contribution in [0.1, 0.15) is 19.8 Å². The molecular formula is C11H19N3O4S. The second kappa shape index (κ2) is 4.75. The Labute approximate surface area is 113 Å². The van der Waals surface area contributed by atoms with Crippen LogP contribution in [0.4, 0.5) is 0 Å². The smallest absolute Gasteiger partial charge is 0.241 e. The lowest BCUT2D eigenvalue weighted by atomic mass is 10.4. The van der Waals surface area contributed by atoms with Crippen LogP contribution in [-0.4, -0.2) is 72.9 Å². The van der Waals surface area contributed by atoms with Crippen molar-refractivity contribution in [2.75, 3.05) is 27.3 Å². The summed E-state index contributed by atoms with van der Waals surface area (Å²) in [5.74, 6) is -0.645. The normalized spacial score (nSPS) is 22.7. The number of amides is 2. The van der Waals surface area contributed by atoms with E-state index in [4.69, 9.17) is 0 Å². The molecule has 0 N–H and O–H groups in total. The molecule has 1 saturated heterocycles. The molecule has 1 heterocycles. The third kappa shape index (κ3) is 2.59. The Morgan fingerprint density at radius 1 is 1.37 bits per heavy atom. The van der Waals surface area contributed by atoms with Gasteiger partial charge in [-0.25, -0.2) is 8.42 Å². The van der Waals surface area contributed by atoms with E-state index in [0.29, 0.717) is 0 Å². The Hall–Kier alpha value is -1.15. The maximum atomic E-state index is 12.3. The highest BCUT2D eigenvalue weighted by Gasteiger charge is 2.45. The molecule has 108 valence electrons. The summed E-state index contributed by atoms with van der Waals surface area (Å²) in [6.45, 7) is 1.29. The predicted octanol–water partition coefficient (Wildman–Crippen LogP) is -0.943. The molecule has 0 bridgehead atoms. The van der Waals surface area contributed by atoms with Crippen molar-refractivity contribution in [3.8, 4) is 0 Å². The summed E-state index contributed by atoms with van der Waals surface area (Å²) in [4.78, 5) is 26.4. The summed E-state index contributed by atoms with van der Waals surface area (Å²) < 4.78 is 25.7. The van der Waals surface area contributed by atoms with Gasteiger partial charge in [-0.05, 0) is 19.8 Å². The molecule has 1 atom stereocenters. The van der Waals surface area contributed by atoms with Crippen molar-refractivity contribution < 1.29 is 18.0 Å². The summed E-state index contributed by atoms with van der Waals surface area (Å²) in [5.41, 5.74) is 0. The molecule has 1 unspecified atom stereocenters. The van der Waals surface area contributed by atoms with Gasteiger partial charge in [-0.3, -0.25) is 9.59 Å². The van der Waals surface area contributed by atoms with Crippen molar-refractivity contribution in [3.63, 3.8) is 0 Å². The van der Waals surface area contributed by atoms with E-state index in [1.807, 2.05) is 0 Å². The lowest BCUT2D eigenvalue weighted by Gasteiger charge is -2.23. The standard InChI is InChI=1S/C11H19N3O4S/c1-8(11(16)12(2)3)19(17,18)13-6-10(15)14(7-13)9-4-5-9/h8-9H,4-7H2,1-3H3. The van der Waals surface area contributed by atoms with E-state index < -0.39 is 21.2 Å². The third-order valence-corrected chi connectivity index (χ3v) is 5.58. The first-order chi connectivity index (χ1) is 8.75. The molecule has 8 heteroatoms. The fraction of sp³-hybridized carbons (Fsp3) is 0.818. The Morgan fingerprint density at radius 3 is 2.42 bits per heavy atom. The van der Waals surface area contributed by atoms with Gasteiger partial charge in [-0.1, -0.05) is 0 Å². The molecule has 1 aliphatic carbocycles. The molecule has 1 saturated carbocycles. The molecular weight excluding hydrogens is 270 g/mol. The first kappa shape index (κ1) is 14.3. The SMILES string of the molecule is CC(C(=O)N(C)C)S(=O)(=O)N1CC(=O)N(C2CC2)C1. The van der Waals surface area contributed by atoms with Gasteiger partial charge in [0.05, 0.1) is 13.2 Å². The van der Waals surface area contributed by atoms with Gasteiger partial charge in [0.15, 0.2) is 5.25 Å². The minimum absolute atomic E-state index is 0.0802. The number of hydrogen-bond donors (Lipinski definition) is 0. The van der Waals surface area contributed by atoms with Crippen LogP contribution in [0.5, 0.6) is 0 Å². The van der Waals surface area contributed by atoms with Gasteiger partial charge in [-0.2, -0.15) is 4.31 Å². The summed E-state index contributed by atoms with van der Waals surface area (Å²) in [6, 6.07) is 0.188. The molecule has 0 aromatic heterocycles. The van der Waals surface area contributed by atoms with Crippen molar-refractivity contribution >= 4 is 21.8 Å². The number of carbonyl (C=O) groups excluding carboxylic acids is 2. The minimum atomic E-state index is -3.77. The molecule has 2 fully saturated rings. The highest BCUT2D eigenvalue weighted by Crippen LogP contribution is 2.30. The molecule has 0 aromatic carbocycles. The Bertz CT molecular complexity index is 498. The maximum absolute atomic E-state index is 12.3. The zero-order valence-electron chi connectivity index (χ0n) is 11.4. The second-order valence-electron chi connectivity index (χ2n) is 5.27. The predicted molar refractivity (Wildman–Crippen MR) is 68.5 cm³/mol. The third-order valence-electron chi connectivity index (χ3n) is 3.52. The summed E-state index contributed by atoms with van der Waals surface area (Å²) >= 11 is 0. The second-order valence-corrected chi connectivity index (χ2v) is 7.52. The average molecular weight is 289 g/mol. The van der Waals surface area contributed by atoms with E-state index in [0.717, 1.165) is 17.1 Å². The molecule has 19 heavy (non-hydrogen) atoms. The molecule has 2 rings (SSSR count). The van der Waals surface area contributed by atoms with Crippen LogP contribution in [0.15, 0.2) is 0 Å². The molecule has 7 nitrogen and oxygen atoms in total. The van der Waals surface area contributed by atoms with Crippen molar-refractivity contribution in [2.45, 2.75) is 31.1 Å².